The molecule has 1 atom stereocenters. The molecule has 1 aliphatic carbocycles. The molecule has 0 bridgehead atoms. The van der Waals surface area contributed by atoms with Crippen LogP contribution in [0.3, 0.4) is 0 Å². The van der Waals surface area contributed by atoms with Crippen LogP contribution in [-0.2, 0) is 6.61 Å². The normalized spacial score (nSPS) is 14.9. The van der Waals surface area contributed by atoms with E-state index < -0.39 is 0 Å². The predicted octanol–water partition coefficient (Wildman–Crippen LogP) is 2.87. The van der Waals surface area contributed by atoms with E-state index in [0.717, 1.165) is 18.4 Å². The Morgan fingerprint density at radius 3 is 2.79 bits per heavy atom. The summed E-state index contributed by atoms with van der Waals surface area (Å²) in [6.45, 7) is 0.764. The van der Waals surface area contributed by atoms with Crippen LogP contribution in [0.1, 0.15) is 28.8 Å². The molecule has 1 saturated carbocycles. The summed E-state index contributed by atoms with van der Waals surface area (Å²) in [5, 5.41) is 2.87. The van der Waals surface area contributed by atoms with Crippen LogP contribution < -0.4 is 15.8 Å². The molecule has 0 aromatic heterocycles. The van der Waals surface area contributed by atoms with Crippen LogP contribution in [0.25, 0.3) is 0 Å². The van der Waals surface area contributed by atoms with Gasteiger partial charge >= 0.3 is 0 Å². The number of carbonyl (C=O) groups is 1. The number of halogens is 1. The number of rotatable bonds is 7. The van der Waals surface area contributed by atoms with E-state index in [4.69, 9.17) is 10.5 Å². The third kappa shape index (κ3) is 4.55. The van der Waals surface area contributed by atoms with Crippen molar-refractivity contribution in [2.75, 3.05) is 6.54 Å². The quantitative estimate of drug-likeness (QED) is 0.821. The topological polar surface area (TPSA) is 64.3 Å². The highest BCUT2D eigenvalue weighted by Gasteiger charge is 2.28. The van der Waals surface area contributed by atoms with Crippen molar-refractivity contribution in [2.45, 2.75) is 25.5 Å². The smallest absolute Gasteiger partial charge is 0.251 e. The second-order valence-electron chi connectivity index (χ2n) is 6.16. The largest absolute Gasteiger partial charge is 0.489 e. The summed E-state index contributed by atoms with van der Waals surface area (Å²) in [7, 11) is 0. The van der Waals surface area contributed by atoms with Gasteiger partial charge in [-0.3, -0.25) is 4.79 Å². The monoisotopic (exact) mass is 328 g/mol. The second-order valence-corrected chi connectivity index (χ2v) is 6.16. The first-order chi connectivity index (χ1) is 11.6. The highest BCUT2D eigenvalue weighted by atomic mass is 19.1. The lowest BCUT2D eigenvalue weighted by molar-refractivity contribution is 0.0950. The number of benzene rings is 2. The standard InChI is InChI=1S/C19H21FN2O2/c20-16-5-2-6-17(10-16)24-12-13-3-1-4-15(9-13)19(23)22-11-18(21)14-7-8-14/h1-6,9-10,14,18H,7-8,11-12,21H2,(H,22,23). The lowest BCUT2D eigenvalue weighted by Crippen LogP contribution is -2.38. The molecule has 24 heavy (non-hydrogen) atoms. The Balaban J connectivity index is 1.55. The molecule has 1 unspecified atom stereocenters. The lowest BCUT2D eigenvalue weighted by Gasteiger charge is -2.12. The third-order valence-corrected chi connectivity index (χ3v) is 4.12. The third-order valence-electron chi connectivity index (χ3n) is 4.12. The van der Waals surface area contributed by atoms with Gasteiger partial charge < -0.3 is 15.8 Å². The van der Waals surface area contributed by atoms with Crippen LogP contribution in [0.4, 0.5) is 4.39 Å². The van der Waals surface area contributed by atoms with E-state index in [-0.39, 0.29) is 24.4 Å². The summed E-state index contributed by atoms with van der Waals surface area (Å²) in [5.41, 5.74) is 7.41. The van der Waals surface area contributed by atoms with E-state index in [9.17, 15) is 9.18 Å². The molecule has 0 aliphatic heterocycles. The summed E-state index contributed by atoms with van der Waals surface area (Å²) < 4.78 is 18.7. The number of nitrogens with two attached hydrogens (primary N) is 1. The van der Waals surface area contributed by atoms with Crippen LogP contribution in [0, 0.1) is 11.7 Å². The average molecular weight is 328 g/mol. The Labute approximate surface area is 140 Å². The highest BCUT2D eigenvalue weighted by molar-refractivity contribution is 5.94. The Morgan fingerprint density at radius 2 is 2.04 bits per heavy atom. The highest BCUT2D eigenvalue weighted by Crippen LogP contribution is 2.31. The molecule has 5 heteroatoms. The number of carbonyl (C=O) groups excluding carboxylic acids is 1. The van der Waals surface area contributed by atoms with E-state index in [1.807, 2.05) is 6.07 Å². The minimum Gasteiger partial charge on any atom is -0.489 e. The maximum Gasteiger partial charge on any atom is 0.251 e. The molecule has 1 aliphatic rings. The molecule has 1 amide bonds. The Bertz CT molecular complexity index is 716. The summed E-state index contributed by atoms with van der Waals surface area (Å²) in [4.78, 5) is 12.2. The number of hydrogen-bond acceptors (Lipinski definition) is 3. The molecule has 0 heterocycles. The summed E-state index contributed by atoms with van der Waals surface area (Å²) in [6, 6.07) is 13.2. The van der Waals surface area contributed by atoms with Crippen molar-refractivity contribution in [1.29, 1.82) is 0 Å². The molecule has 3 rings (SSSR count). The van der Waals surface area contributed by atoms with Crippen LogP contribution in [0.15, 0.2) is 48.5 Å². The zero-order valence-electron chi connectivity index (χ0n) is 13.4. The minimum absolute atomic E-state index is 0.0356. The first-order valence-corrected chi connectivity index (χ1v) is 8.13. The first kappa shape index (κ1) is 16.5. The number of amides is 1. The maximum atomic E-state index is 13.1. The SMILES string of the molecule is NC(CNC(=O)c1cccc(COc2cccc(F)c2)c1)C1CC1. The zero-order chi connectivity index (χ0) is 16.9. The molecule has 2 aromatic carbocycles. The summed E-state index contributed by atoms with van der Waals surface area (Å²) in [5.74, 6) is 0.530. The average Bonchev–Trinajstić information content (AvgIpc) is 3.43. The van der Waals surface area contributed by atoms with Gasteiger partial charge in [-0.05, 0) is 48.6 Å². The molecule has 0 spiro atoms. The first-order valence-electron chi connectivity index (χ1n) is 8.13. The van der Waals surface area contributed by atoms with Gasteiger partial charge in [-0.1, -0.05) is 18.2 Å². The number of nitrogens with one attached hydrogen (secondary N) is 1. The number of ether oxygens (including phenoxy) is 1. The van der Waals surface area contributed by atoms with Gasteiger partial charge in [-0.2, -0.15) is 0 Å². The predicted molar refractivity (Wildman–Crippen MR) is 90.2 cm³/mol. The van der Waals surface area contributed by atoms with Crippen molar-refractivity contribution >= 4 is 5.91 Å². The van der Waals surface area contributed by atoms with Gasteiger partial charge in [-0.25, -0.2) is 4.39 Å². The second kappa shape index (κ2) is 7.45. The molecular weight excluding hydrogens is 307 g/mol. The van der Waals surface area contributed by atoms with Crippen LogP contribution in [0.5, 0.6) is 5.75 Å². The van der Waals surface area contributed by atoms with Gasteiger partial charge in [0.1, 0.15) is 18.2 Å². The van der Waals surface area contributed by atoms with E-state index in [1.165, 1.54) is 12.1 Å². The molecular formula is C19H21FN2O2. The van der Waals surface area contributed by atoms with Gasteiger partial charge in [0.05, 0.1) is 0 Å². The molecule has 0 saturated heterocycles. The van der Waals surface area contributed by atoms with Gasteiger partial charge in [0.2, 0.25) is 0 Å². The number of hydrogen-bond donors (Lipinski definition) is 2. The molecule has 126 valence electrons. The fourth-order valence-electron chi connectivity index (χ4n) is 2.53. The van der Waals surface area contributed by atoms with E-state index in [2.05, 4.69) is 5.32 Å². The zero-order valence-corrected chi connectivity index (χ0v) is 13.4. The Hall–Kier alpha value is -2.40. The van der Waals surface area contributed by atoms with Crippen LogP contribution >= 0.6 is 0 Å². The summed E-state index contributed by atoms with van der Waals surface area (Å²) >= 11 is 0. The van der Waals surface area contributed by atoms with Crippen molar-refractivity contribution in [2.24, 2.45) is 11.7 Å². The Morgan fingerprint density at radius 1 is 1.25 bits per heavy atom. The van der Waals surface area contributed by atoms with Crippen LogP contribution in [0.2, 0.25) is 0 Å². The van der Waals surface area contributed by atoms with Gasteiger partial charge in [0.15, 0.2) is 0 Å². The summed E-state index contributed by atoms with van der Waals surface area (Å²) in [6.07, 6.45) is 2.31. The van der Waals surface area contributed by atoms with Crippen molar-refractivity contribution in [3.05, 3.63) is 65.5 Å². The molecule has 2 aromatic rings. The fourth-order valence-corrected chi connectivity index (χ4v) is 2.53. The van der Waals surface area contributed by atoms with Gasteiger partial charge in [-0.15, -0.1) is 0 Å². The van der Waals surface area contributed by atoms with Gasteiger partial charge in [0, 0.05) is 24.2 Å². The van der Waals surface area contributed by atoms with E-state index in [0.29, 0.717) is 23.8 Å². The molecule has 4 nitrogen and oxygen atoms in total. The van der Waals surface area contributed by atoms with Crippen LogP contribution in [-0.4, -0.2) is 18.5 Å². The maximum absolute atomic E-state index is 13.1. The fraction of sp³-hybridized carbons (Fsp3) is 0.316. The minimum atomic E-state index is -0.340. The van der Waals surface area contributed by atoms with E-state index in [1.54, 1.807) is 30.3 Å². The van der Waals surface area contributed by atoms with Gasteiger partial charge in [0.25, 0.3) is 5.91 Å². The molecule has 3 N–H and O–H groups in total. The molecule has 1 fully saturated rings. The van der Waals surface area contributed by atoms with Crippen molar-refractivity contribution in [3.63, 3.8) is 0 Å². The van der Waals surface area contributed by atoms with E-state index >= 15 is 0 Å². The lowest BCUT2D eigenvalue weighted by atomic mass is 10.1. The van der Waals surface area contributed by atoms with Crippen molar-refractivity contribution < 1.29 is 13.9 Å². The van der Waals surface area contributed by atoms with Crippen molar-refractivity contribution in [3.8, 4) is 5.75 Å². The molecule has 0 radical (unpaired) electrons. The Kier molecular flexibility index (Phi) is 5.11. The van der Waals surface area contributed by atoms with Crippen molar-refractivity contribution in [1.82, 2.24) is 5.32 Å².